The molecule has 0 rings (SSSR count). The molecular weight excluding hydrogens is 554 g/mol. The molecule has 10 heteroatoms. The number of ether oxygens (including phenoxy) is 1. The molecule has 0 aromatic rings. The first kappa shape index (κ1) is 46.6. The Morgan fingerprint density at radius 1 is 0.619 bits per heavy atom. The topological polar surface area (TPSA) is 136 Å². The van der Waals surface area contributed by atoms with Crippen LogP contribution < -0.4 is 70.2 Å². The number of aliphatic hydroxyl groups is 1. The summed E-state index contributed by atoms with van der Waals surface area (Å²) in [5.74, 6) is -1.34. The maximum atomic E-state index is 12.1. The molecule has 0 fully saturated rings. The van der Waals surface area contributed by atoms with E-state index in [1.807, 2.05) is 0 Å². The molecule has 8 nitrogen and oxygen atoms in total. The van der Waals surface area contributed by atoms with Crippen molar-refractivity contribution in [1.82, 2.24) is 5.32 Å². The van der Waals surface area contributed by atoms with Gasteiger partial charge in [-0.1, -0.05) is 117 Å². The first-order chi connectivity index (χ1) is 19.3. The number of unbranched alkanes of at least 4 members (excludes halogenated alkanes) is 16. The number of esters is 1. The van der Waals surface area contributed by atoms with Gasteiger partial charge in [0.25, 0.3) is 0 Å². The predicted molar refractivity (Wildman–Crippen MR) is 163 cm³/mol. The van der Waals surface area contributed by atoms with Gasteiger partial charge in [0.1, 0.15) is 17.8 Å². The second-order valence-electron chi connectivity index (χ2n) is 11.3. The number of nitrogens with two attached hydrogens (primary N) is 1. The predicted octanol–water partition coefficient (Wildman–Crippen LogP) is 1.02. The van der Waals surface area contributed by atoms with Crippen LogP contribution in [0.25, 0.3) is 0 Å². The van der Waals surface area contributed by atoms with Gasteiger partial charge >= 0.3 is 65.1 Å². The SMILES string of the molecule is CCCCCCCCCCCC(=O)CC(O)NC(=O)CCC(=O)OC(N)CC(=O)CCCCCCCCCCC.[H-].[H-].[Na+].[Na+]. The summed E-state index contributed by atoms with van der Waals surface area (Å²) in [6.07, 6.45) is 19.0. The van der Waals surface area contributed by atoms with Gasteiger partial charge < -0.3 is 18.0 Å². The Morgan fingerprint density at radius 2 is 1.00 bits per heavy atom. The van der Waals surface area contributed by atoms with Crippen molar-refractivity contribution in [1.29, 1.82) is 0 Å². The van der Waals surface area contributed by atoms with Crippen LogP contribution in [-0.4, -0.2) is 41.0 Å². The van der Waals surface area contributed by atoms with Crippen molar-refractivity contribution in [2.24, 2.45) is 5.73 Å². The van der Waals surface area contributed by atoms with E-state index in [0.29, 0.717) is 12.8 Å². The van der Waals surface area contributed by atoms with Crippen LogP contribution in [0.3, 0.4) is 0 Å². The Morgan fingerprint density at radius 3 is 1.43 bits per heavy atom. The summed E-state index contributed by atoms with van der Waals surface area (Å²) in [5.41, 5.74) is 5.78. The Balaban J connectivity index is -0.00000127. The molecule has 0 saturated heterocycles. The van der Waals surface area contributed by atoms with Crippen molar-refractivity contribution in [3.63, 3.8) is 0 Å². The summed E-state index contributed by atoms with van der Waals surface area (Å²) in [7, 11) is 0. The summed E-state index contributed by atoms with van der Waals surface area (Å²) >= 11 is 0. The summed E-state index contributed by atoms with van der Waals surface area (Å²) in [4.78, 5) is 48.1. The second kappa shape index (κ2) is 34.1. The summed E-state index contributed by atoms with van der Waals surface area (Å²) in [5, 5.41) is 12.3. The minimum absolute atomic E-state index is 0. The maximum Gasteiger partial charge on any atom is 1.00 e. The minimum atomic E-state index is -1.27. The molecule has 0 bridgehead atoms. The summed E-state index contributed by atoms with van der Waals surface area (Å²) in [6, 6.07) is 0. The molecule has 0 aromatic carbocycles. The van der Waals surface area contributed by atoms with E-state index in [-0.39, 0.29) is 99.2 Å². The molecule has 2 unspecified atom stereocenters. The van der Waals surface area contributed by atoms with Crippen molar-refractivity contribution in [2.45, 2.75) is 180 Å². The molecule has 0 saturated carbocycles. The monoisotopic (exact) mass is 616 g/mol. The third-order valence-corrected chi connectivity index (χ3v) is 7.13. The Hall–Kier alpha value is 0.200. The first-order valence-electron chi connectivity index (χ1n) is 16.2. The number of carbonyl (C=O) groups is 4. The quantitative estimate of drug-likeness (QED) is 0.0494. The Labute approximate surface area is 303 Å². The molecular formula is C32H62N2Na2O6. The molecule has 238 valence electrons. The van der Waals surface area contributed by atoms with Crippen LogP contribution in [0.2, 0.25) is 0 Å². The number of amides is 1. The molecule has 4 N–H and O–H groups in total. The number of nitrogens with one attached hydrogen (secondary N) is 1. The van der Waals surface area contributed by atoms with E-state index in [4.69, 9.17) is 10.5 Å². The van der Waals surface area contributed by atoms with Gasteiger partial charge in [-0.15, -0.1) is 0 Å². The van der Waals surface area contributed by atoms with Gasteiger partial charge in [-0.25, -0.2) is 0 Å². The van der Waals surface area contributed by atoms with Crippen molar-refractivity contribution in [3.05, 3.63) is 0 Å². The van der Waals surface area contributed by atoms with E-state index in [0.717, 1.165) is 38.5 Å². The van der Waals surface area contributed by atoms with Crippen molar-refractivity contribution in [2.75, 3.05) is 0 Å². The molecule has 1 amide bonds. The fourth-order valence-electron chi connectivity index (χ4n) is 4.70. The van der Waals surface area contributed by atoms with Crippen molar-refractivity contribution < 1.29 is 91.0 Å². The number of aliphatic hydroxyl groups excluding tert-OH is 1. The van der Waals surface area contributed by atoms with Crippen LogP contribution >= 0.6 is 0 Å². The van der Waals surface area contributed by atoms with Crippen molar-refractivity contribution >= 4 is 23.4 Å². The standard InChI is InChI=1S/C32H60N2O6.2Na.2H/c1-3-5-7-9-11-13-15-17-19-21-27(35)25-29(33)40-32(39)24-23-30(37)34-31(38)26-28(36)22-20-18-16-14-12-10-8-6-4-2;;;;/h29,31,38H,3-26,33H2,1-2H3,(H,34,37);;;;/q;2*+1;2*-1. The maximum absolute atomic E-state index is 12.1. The van der Waals surface area contributed by atoms with E-state index < -0.39 is 24.3 Å². The van der Waals surface area contributed by atoms with Gasteiger partial charge in [0.15, 0.2) is 6.23 Å². The van der Waals surface area contributed by atoms with Crippen LogP contribution in [-0.2, 0) is 23.9 Å². The zero-order valence-electron chi connectivity index (χ0n) is 29.7. The Kier molecular flexibility index (Phi) is 37.8. The van der Waals surface area contributed by atoms with E-state index in [9.17, 15) is 24.3 Å². The molecule has 0 radical (unpaired) electrons. The van der Waals surface area contributed by atoms with Crippen LogP contribution in [0, 0.1) is 0 Å². The number of Topliss-reactive ketones (excluding diaryl/α,β-unsaturated/α-hetero) is 2. The van der Waals surface area contributed by atoms with Gasteiger partial charge in [-0.3, -0.25) is 24.9 Å². The fraction of sp³-hybridized carbons (Fsp3) is 0.875. The molecule has 0 spiro atoms. The number of ketones is 2. The first-order valence-corrected chi connectivity index (χ1v) is 16.2. The molecule has 0 aliphatic heterocycles. The Bertz CT molecular complexity index is 637. The molecule has 2 atom stereocenters. The average molecular weight is 617 g/mol. The number of rotatable bonds is 29. The van der Waals surface area contributed by atoms with Gasteiger partial charge in [-0.2, -0.15) is 0 Å². The zero-order valence-corrected chi connectivity index (χ0v) is 31.7. The number of carbonyl (C=O) groups excluding carboxylic acids is 4. The molecule has 0 aliphatic carbocycles. The van der Waals surface area contributed by atoms with E-state index in [1.54, 1.807) is 0 Å². The molecule has 0 heterocycles. The minimum Gasteiger partial charge on any atom is -1.00 e. The molecule has 0 aromatic heterocycles. The van der Waals surface area contributed by atoms with E-state index in [1.165, 1.54) is 77.0 Å². The van der Waals surface area contributed by atoms with Crippen LogP contribution in [0.15, 0.2) is 0 Å². The molecule has 42 heavy (non-hydrogen) atoms. The summed E-state index contributed by atoms with van der Waals surface area (Å²) in [6.45, 7) is 4.42. The van der Waals surface area contributed by atoms with Crippen LogP contribution in [0.5, 0.6) is 0 Å². The van der Waals surface area contributed by atoms with Gasteiger partial charge in [0.05, 0.1) is 19.3 Å². The average Bonchev–Trinajstić information content (AvgIpc) is 2.89. The van der Waals surface area contributed by atoms with E-state index >= 15 is 0 Å². The van der Waals surface area contributed by atoms with Crippen molar-refractivity contribution in [3.8, 4) is 0 Å². The largest absolute Gasteiger partial charge is 1.00 e. The van der Waals surface area contributed by atoms with Gasteiger partial charge in [0.2, 0.25) is 5.91 Å². The zero-order chi connectivity index (χ0) is 29.8. The molecule has 0 aliphatic rings. The normalized spacial score (nSPS) is 12.0. The van der Waals surface area contributed by atoms with Crippen LogP contribution in [0.1, 0.15) is 171 Å². The van der Waals surface area contributed by atoms with Gasteiger partial charge in [0, 0.05) is 19.3 Å². The van der Waals surface area contributed by atoms with Crippen LogP contribution in [0.4, 0.5) is 0 Å². The fourth-order valence-corrected chi connectivity index (χ4v) is 4.70. The third kappa shape index (κ3) is 33.1. The third-order valence-electron chi connectivity index (χ3n) is 7.13. The second-order valence-corrected chi connectivity index (χ2v) is 11.3. The summed E-state index contributed by atoms with van der Waals surface area (Å²) < 4.78 is 5.05. The van der Waals surface area contributed by atoms with Gasteiger partial charge in [-0.05, 0) is 12.8 Å². The van der Waals surface area contributed by atoms with E-state index in [2.05, 4.69) is 19.2 Å². The number of hydrogen-bond acceptors (Lipinski definition) is 7. The smallest absolute Gasteiger partial charge is 1.00 e. The number of hydrogen-bond donors (Lipinski definition) is 3.